The highest BCUT2D eigenvalue weighted by Gasteiger charge is 2.49. The van der Waals surface area contributed by atoms with Gasteiger partial charge in [-0.05, 0) is 24.5 Å². The zero-order valence-electron chi connectivity index (χ0n) is 9.77. The van der Waals surface area contributed by atoms with Gasteiger partial charge in [-0.1, -0.05) is 18.2 Å². The van der Waals surface area contributed by atoms with E-state index in [0.717, 1.165) is 18.4 Å². The zero-order valence-corrected chi connectivity index (χ0v) is 10.6. The Hall–Kier alpha value is -1.28. The fourth-order valence-corrected chi connectivity index (χ4v) is 2.33. The molecule has 1 N–H and O–H groups in total. The summed E-state index contributed by atoms with van der Waals surface area (Å²) < 4.78 is 62.2. The summed E-state index contributed by atoms with van der Waals surface area (Å²) in [6, 6.07) is -0.310. The molecule has 1 atom stereocenters. The third kappa shape index (κ3) is 3.19. The van der Waals surface area contributed by atoms with Crippen LogP contribution in [0.3, 0.4) is 0 Å². The summed E-state index contributed by atoms with van der Waals surface area (Å²) in [5, 5.41) is 2.88. The van der Waals surface area contributed by atoms with Crippen molar-refractivity contribution in [3.05, 3.63) is 35.6 Å². The largest absolute Gasteiger partial charge is 0.534 e. The van der Waals surface area contributed by atoms with Crippen molar-refractivity contribution < 1.29 is 25.8 Å². The van der Waals surface area contributed by atoms with Crippen LogP contribution in [0.15, 0.2) is 35.6 Å². The molecule has 0 spiro atoms. The van der Waals surface area contributed by atoms with Crippen LogP contribution in [0, 0.1) is 0 Å². The van der Waals surface area contributed by atoms with Crippen LogP contribution in [-0.4, -0.2) is 26.5 Å². The fraction of sp³-hybridized carbons (Fsp3) is 0.455. The smallest absolute Gasteiger partial charge is 0.379 e. The molecule has 4 nitrogen and oxygen atoms in total. The van der Waals surface area contributed by atoms with Gasteiger partial charge in [0, 0.05) is 0 Å². The predicted octanol–water partition coefficient (Wildman–Crippen LogP) is 1.98. The van der Waals surface area contributed by atoms with Crippen molar-refractivity contribution in [3.8, 4) is 0 Å². The van der Waals surface area contributed by atoms with Crippen molar-refractivity contribution in [2.75, 3.05) is 6.54 Å². The number of hydrogen-bond acceptors (Lipinski definition) is 4. The third-order valence-corrected chi connectivity index (χ3v) is 3.73. The summed E-state index contributed by atoms with van der Waals surface area (Å²) >= 11 is 0. The Morgan fingerprint density at radius 2 is 2.05 bits per heavy atom. The minimum Gasteiger partial charge on any atom is -0.379 e. The molecule has 1 aliphatic heterocycles. The summed E-state index contributed by atoms with van der Waals surface area (Å²) in [5.74, 6) is -0.234. The van der Waals surface area contributed by atoms with Crippen LogP contribution in [0.2, 0.25) is 0 Å². The molecule has 0 aromatic rings. The molecule has 0 aromatic heterocycles. The van der Waals surface area contributed by atoms with Gasteiger partial charge in [-0.15, -0.1) is 0 Å². The van der Waals surface area contributed by atoms with Crippen LogP contribution in [0.25, 0.3) is 0 Å². The third-order valence-electron chi connectivity index (χ3n) is 2.73. The summed E-state index contributed by atoms with van der Waals surface area (Å²) in [6.45, 7) is -0.0504. The normalized spacial score (nSPS) is 24.1. The van der Waals surface area contributed by atoms with Crippen molar-refractivity contribution in [3.63, 3.8) is 0 Å². The number of rotatable bonds is 3. The lowest BCUT2D eigenvalue weighted by atomic mass is 10.0. The topological polar surface area (TPSA) is 55.4 Å². The Balaban J connectivity index is 2.08. The van der Waals surface area contributed by atoms with E-state index >= 15 is 0 Å². The molecule has 1 heterocycles. The first-order valence-corrected chi connectivity index (χ1v) is 7.02. The molecule has 0 saturated carbocycles. The van der Waals surface area contributed by atoms with Crippen molar-refractivity contribution in [1.29, 1.82) is 0 Å². The second kappa shape index (κ2) is 5.01. The number of hydrogen-bond donors (Lipinski definition) is 1. The maximum atomic E-state index is 12.2. The van der Waals surface area contributed by atoms with Crippen LogP contribution < -0.4 is 5.32 Å². The van der Waals surface area contributed by atoms with E-state index in [1.54, 1.807) is 0 Å². The van der Waals surface area contributed by atoms with Gasteiger partial charge < -0.3 is 4.18 Å². The Morgan fingerprint density at radius 3 is 2.63 bits per heavy atom. The van der Waals surface area contributed by atoms with Crippen molar-refractivity contribution in [1.82, 2.24) is 5.32 Å². The quantitative estimate of drug-likeness (QED) is 0.639. The van der Waals surface area contributed by atoms with Crippen LogP contribution in [0.4, 0.5) is 13.2 Å². The van der Waals surface area contributed by atoms with Crippen LogP contribution in [0.5, 0.6) is 0 Å². The van der Waals surface area contributed by atoms with Gasteiger partial charge in [-0.25, -0.2) is 0 Å². The predicted molar refractivity (Wildman–Crippen MR) is 62.4 cm³/mol. The van der Waals surface area contributed by atoms with Gasteiger partial charge in [0.05, 0.1) is 12.6 Å². The van der Waals surface area contributed by atoms with E-state index in [9.17, 15) is 21.6 Å². The lowest BCUT2D eigenvalue weighted by molar-refractivity contribution is -0.0522. The number of alkyl halides is 3. The fourth-order valence-electron chi connectivity index (χ4n) is 1.84. The van der Waals surface area contributed by atoms with Crippen LogP contribution in [0.1, 0.15) is 12.8 Å². The average Bonchev–Trinajstić information content (AvgIpc) is 2.76. The van der Waals surface area contributed by atoms with Crippen LogP contribution in [-0.2, 0) is 14.3 Å². The SMILES string of the molecule is O=S(=O)(OC1=C[C@@H](C2=CCCC=C2)NC1)C(F)(F)F. The first kappa shape index (κ1) is 14.1. The Morgan fingerprint density at radius 1 is 1.32 bits per heavy atom. The minimum atomic E-state index is -5.58. The van der Waals surface area contributed by atoms with E-state index in [4.69, 9.17) is 0 Å². The highest BCUT2D eigenvalue weighted by molar-refractivity contribution is 7.87. The first-order chi connectivity index (χ1) is 8.79. The maximum absolute atomic E-state index is 12.2. The molecule has 0 saturated heterocycles. The van der Waals surface area contributed by atoms with Gasteiger partial charge in [-0.3, -0.25) is 5.32 Å². The molecular weight excluding hydrogens is 283 g/mol. The molecule has 8 heteroatoms. The lowest BCUT2D eigenvalue weighted by Gasteiger charge is -2.12. The van der Waals surface area contributed by atoms with Gasteiger partial charge in [0.25, 0.3) is 0 Å². The molecule has 0 radical (unpaired) electrons. The molecule has 1 aliphatic carbocycles. The van der Waals surface area contributed by atoms with Gasteiger partial charge in [0.2, 0.25) is 0 Å². The first-order valence-electron chi connectivity index (χ1n) is 5.61. The van der Waals surface area contributed by atoms with Crippen molar-refractivity contribution >= 4 is 10.1 Å². The van der Waals surface area contributed by atoms with E-state index < -0.39 is 15.6 Å². The molecule has 2 aliphatic rings. The van der Waals surface area contributed by atoms with Gasteiger partial charge in [0.15, 0.2) is 0 Å². The maximum Gasteiger partial charge on any atom is 0.534 e. The molecule has 2 rings (SSSR count). The minimum absolute atomic E-state index is 0.0504. The molecule has 0 fully saturated rings. The molecule has 19 heavy (non-hydrogen) atoms. The second-order valence-corrected chi connectivity index (χ2v) is 5.70. The van der Waals surface area contributed by atoms with E-state index in [1.165, 1.54) is 6.08 Å². The average molecular weight is 295 g/mol. The zero-order chi connectivity index (χ0) is 14.1. The number of allylic oxidation sites excluding steroid dienone is 2. The molecule has 0 bridgehead atoms. The van der Waals surface area contributed by atoms with Crippen molar-refractivity contribution in [2.24, 2.45) is 0 Å². The number of halogens is 3. The van der Waals surface area contributed by atoms with E-state index in [0.29, 0.717) is 0 Å². The lowest BCUT2D eigenvalue weighted by Crippen LogP contribution is -2.27. The van der Waals surface area contributed by atoms with Gasteiger partial charge in [0.1, 0.15) is 5.76 Å². The Kier molecular flexibility index (Phi) is 3.73. The van der Waals surface area contributed by atoms with Gasteiger partial charge in [-0.2, -0.15) is 21.6 Å². The summed E-state index contributed by atoms with van der Waals surface area (Å²) in [6.07, 6.45) is 8.90. The highest BCUT2D eigenvalue weighted by atomic mass is 32.2. The van der Waals surface area contributed by atoms with E-state index in [2.05, 4.69) is 9.50 Å². The summed E-state index contributed by atoms with van der Waals surface area (Å²) in [5.41, 5.74) is -4.51. The number of nitrogens with one attached hydrogen (secondary N) is 1. The summed E-state index contributed by atoms with van der Waals surface area (Å²) in [7, 11) is -5.58. The van der Waals surface area contributed by atoms with E-state index in [-0.39, 0.29) is 18.3 Å². The summed E-state index contributed by atoms with van der Waals surface area (Å²) in [4.78, 5) is 0. The standard InChI is InChI=1S/C11H12F3NO3S/c12-11(13,14)19(16,17)18-9-6-10(15-7-9)8-4-2-1-3-5-8/h2,4-6,10,15H,1,3,7H2/t10-/m0/s1. The molecule has 0 unspecified atom stereocenters. The van der Waals surface area contributed by atoms with Gasteiger partial charge >= 0.3 is 15.6 Å². The molecular formula is C11H12F3NO3S. The second-order valence-electron chi connectivity index (χ2n) is 4.16. The highest BCUT2D eigenvalue weighted by Crippen LogP contribution is 2.28. The Bertz CT molecular complexity index is 546. The molecule has 0 aromatic carbocycles. The molecule has 0 amide bonds. The molecule has 106 valence electrons. The monoisotopic (exact) mass is 295 g/mol. The van der Waals surface area contributed by atoms with Crippen LogP contribution >= 0.6 is 0 Å². The van der Waals surface area contributed by atoms with Crippen molar-refractivity contribution in [2.45, 2.75) is 24.4 Å². The Labute approximate surface area is 108 Å². The van der Waals surface area contributed by atoms with E-state index in [1.807, 2.05) is 18.2 Å².